The molecule has 0 fully saturated rings. The van der Waals surface area contributed by atoms with E-state index in [1.807, 2.05) is 12.1 Å². The predicted octanol–water partition coefficient (Wildman–Crippen LogP) is 2.88. The van der Waals surface area contributed by atoms with Crippen LogP contribution in [-0.2, 0) is 6.42 Å². The van der Waals surface area contributed by atoms with E-state index in [0.29, 0.717) is 11.0 Å². The fourth-order valence-corrected chi connectivity index (χ4v) is 2.21. The number of hydrogen-bond donors (Lipinski definition) is 1. The van der Waals surface area contributed by atoms with Crippen molar-refractivity contribution in [2.45, 2.75) is 6.42 Å². The molecular weight excluding hydrogens is 300 g/mol. The molecule has 23 heavy (non-hydrogen) atoms. The van der Waals surface area contributed by atoms with Gasteiger partial charge in [0.25, 0.3) is 5.91 Å². The van der Waals surface area contributed by atoms with E-state index >= 15 is 0 Å². The van der Waals surface area contributed by atoms with Gasteiger partial charge < -0.3 is 5.32 Å². The number of aromatic nitrogens is 2. The highest BCUT2D eigenvalue weighted by atomic mass is 19.2. The average molecular weight is 313 g/mol. The maximum absolute atomic E-state index is 13.5. The summed E-state index contributed by atoms with van der Waals surface area (Å²) < 4.78 is 26.6. The van der Waals surface area contributed by atoms with Gasteiger partial charge in [-0.2, -0.15) is 0 Å². The van der Waals surface area contributed by atoms with Crippen molar-refractivity contribution >= 4 is 16.9 Å². The van der Waals surface area contributed by atoms with Crippen molar-refractivity contribution in [1.29, 1.82) is 0 Å². The first-order chi connectivity index (χ1) is 11.1. The van der Waals surface area contributed by atoms with Gasteiger partial charge in [-0.3, -0.25) is 9.78 Å². The van der Waals surface area contributed by atoms with Crippen molar-refractivity contribution in [3.05, 3.63) is 71.6 Å². The normalized spacial score (nSPS) is 10.7. The molecule has 1 amide bonds. The highest BCUT2D eigenvalue weighted by Gasteiger charge is 2.10. The molecule has 0 atom stereocenters. The number of amides is 1. The summed E-state index contributed by atoms with van der Waals surface area (Å²) in [4.78, 5) is 20.4. The van der Waals surface area contributed by atoms with Crippen LogP contribution in [0.1, 0.15) is 16.1 Å². The van der Waals surface area contributed by atoms with Crippen molar-refractivity contribution < 1.29 is 13.6 Å². The van der Waals surface area contributed by atoms with Crippen LogP contribution in [0.5, 0.6) is 0 Å². The number of benzene rings is 2. The molecule has 116 valence electrons. The molecule has 3 aromatic rings. The zero-order valence-corrected chi connectivity index (χ0v) is 12.1. The van der Waals surface area contributed by atoms with Crippen LogP contribution in [0.3, 0.4) is 0 Å². The number of carbonyl (C=O) groups is 1. The number of carbonyl (C=O) groups excluding carboxylic acids is 1. The van der Waals surface area contributed by atoms with Crippen LogP contribution in [-0.4, -0.2) is 22.4 Å². The van der Waals surface area contributed by atoms with Crippen LogP contribution in [0, 0.1) is 11.6 Å². The summed E-state index contributed by atoms with van der Waals surface area (Å²) in [5, 5.41) is 2.63. The van der Waals surface area contributed by atoms with E-state index < -0.39 is 17.5 Å². The third kappa shape index (κ3) is 3.31. The Labute approximate surface area is 131 Å². The van der Waals surface area contributed by atoms with Gasteiger partial charge in [-0.05, 0) is 30.2 Å². The number of fused-ring (bicyclic) bond motifs is 1. The molecule has 0 spiro atoms. The van der Waals surface area contributed by atoms with E-state index in [1.165, 1.54) is 18.3 Å². The molecule has 0 aliphatic carbocycles. The summed E-state index contributed by atoms with van der Waals surface area (Å²) >= 11 is 0. The molecule has 0 unspecified atom stereocenters. The lowest BCUT2D eigenvalue weighted by Gasteiger charge is -2.06. The van der Waals surface area contributed by atoms with Gasteiger partial charge in [0.05, 0.1) is 17.2 Å². The maximum Gasteiger partial charge on any atom is 0.271 e. The minimum Gasteiger partial charge on any atom is -0.350 e. The van der Waals surface area contributed by atoms with Crippen LogP contribution < -0.4 is 5.32 Å². The first-order valence-electron chi connectivity index (χ1n) is 7.08. The number of nitrogens with one attached hydrogen (secondary N) is 1. The summed E-state index contributed by atoms with van der Waals surface area (Å²) in [7, 11) is 0. The summed E-state index contributed by atoms with van der Waals surface area (Å²) in [6, 6.07) is 11.2. The number of hydrogen-bond acceptors (Lipinski definition) is 3. The Balaban J connectivity index is 1.65. The Kier molecular flexibility index (Phi) is 4.23. The molecule has 0 saturated heterocycles. The molecule has 6 heteroatoms. The van der Waals surface area contributed by atoms with Crippen molar-refractivity contribution in [3.63, 3.8) is 0 Å². The minimum absolute atomic E-state index is 0.174. The molecule has 1 heterocycles. The molecule has 0 radical (unpaired) electrons. The summed E-state index contributed by atoms with van der Waals surface area (Å²) in [6.45, 7) is 0.174. The van der Waals surface area contributed by atoms with Crippen LogP contribution in [0.4, 0.5) is 8.78 Å². The van der Waals surface area contributed by atoms with Crippen LogP contribution in [0.15, 0.2) is 48.7 Å². The fourth-order valence-electron chi connectivity index (χ4n) is 2.21. The van der Waals surface area contributed by atoms with E-state index in [0.717, 1.165) is 6.07 Å². The highest BCUT2D eigenvalue weighted by Crippen LogP contribution is 2.12. The highest BCUT2D eigenvalue weighted by molar-refractivity contribution is 5.93. The summed E-state index contributed by atoms with van der Waals surface area (Å²) in [5.41, 5.74) is 1.72. The second-order valence-electron chi connectivity index (χ2n) is 4.96. The number of rotatable bonds is 4. The monoisotopic (exact) mass is 313 g/mol. The SMILES string of the molecule is O=C(NCCc1cccc(F)c1F)c1cnc2ccccc2n1. The third-order valence-corrected chi connectivity index (χ3v) is 3.39. The molecule has 4 nitrogen and oxygen atoms in total. The molecule has 0 bridgehead atoms. The Morgan fingerprint density at radius 1 is 1.04 bits per heavy atom. The maximum atomic E-state index is 13.5. The quantitative estimate of drug-likeness (QED) is 0.806. The molecule has 0 saturated carbocycles. The van der Waals surface area contributed by atoms with Crippen LogP contribution >= 0.6 is 0 Å². The van der Waals surface area contributed by atoms with Crippen LogP contribution in [0.25, 0.3) is 11.0 Å². The van der Waals surface area contributed by atoms with Gasteiger partial charge >= 0.3 is 0 Å². The lowest BCUT2D eigenvalue weighted by atomic mass is 10.1. The fraction of sp³-hybridized carbons (Fsp3) is 0.118. The minimum atomic E-state index is -0.894. The topological polar surface area (TPSA) is 54.9 Å². The van der Waals surface area contributed by atoms with E-state index in [4.69, 9.17) is 0 Å². The van der Waals surface area contributed by atoms with E-state index in [2.05, 4.69) is 15.3 Å². The number of nitrogens with zero attached hydrogens (tertiary/aromatic N) is 2. The number of para-hydroxylation sites is 2. The van der Waals surface area contributed by atoms with Gasteiger partial charge in [0, 0.05) is 6.54 Å². The Morgan fingerprint density at radius 2 is 1.83 bits per heavy atom. The van der Waals surface area contributed by atoms with Gasteiger partial charge in [-0.15, -0.1) is 0 Å². The van der Waals surface area contributed by atoms with Gasteiger partial charge in [0.15, 0.2) is 11.6 Å². The van der Waals surface area contributed by atoms with Gasteiger partial charge in [0.1, 0.15) is 5.69 Å². The average Bonchev–Trinajstić information content (AvgIpc) is 2.58. The lowest BCUT2D eigenvalue weighted by Crippen LogP contribution is -2.27. The van der Waals surface area contributed by atoms with Crippen LogP contribution in [0.2, 0.25) is 0 Å². The molecule has 0 aliphatic rings. The number of halogens is 2. The van der Waals surface area contributed by atoms with E-state index in [-0.39, 0.29) is 24.2 Å². The summed E-state index contributed by atoms with van der Waals surface area (Å²) in [6.07, 6.45) is 1.58. The Morgan fingerprint density at radius 3 is 2.65 bits per heavy atom. The van der Waals surface area contributed by atoms with Gasteiger partial charge in [-0.25, -0.2) is 13.8 Å². The largest absolute Gasteiger partial charge is 0.350 e. The lowest BCUT2D eigenvalue weighted by molar-refractivity contribution is 0.0949. The van der Waals surface area contributed by atoms with Crippen molar-refractivity contribution in [1.82, 2.24) is 15.3 Å². The molecular formula is C17H13F2N3O. The second kappa shape index (κ2) is 6.48. The first kappa shape index (κ1) is 15.0. The Bertz CT molecular complexity index is 867. The predicted molar refractivity (Wildman–Crippen MR) is 81.9 cm³/mol. The standard InChI is InChI=1S/C17H13F2N3O/c18-12-5-3-4-11(16(12)19)8-9-20-17(23)15-10-21-13-6-1-2-7-14(13)22-15/h1-7,10H,8-9H2,(H,20,23). The van der Waals surface area contributed by atoms with E-state index in [1.54, 1.807) is 12.1 Å². The van der Waals surface area contributed by atoms with Gasteiger partial charge in [-0.1, -0.05) is 24.3 Å². The molecule has 1 aromatic heterocycles. The smallest absolute Gasteiger partial charge is 0.271 e. The van der Waals surface area contributed by atoms with Gasteiger partial charge in [0.2, 0.25) is 0 Å². The summed E-state index contributed by atoms with van der Waals surface area (Å²) in [5.74, 6) is -2.18. The zero-order valence-electron chi connectivity index (χ0n) is 12.1. The molecule has 2 aromatic carbocycles. The van der Waals surface area contributed by atoms with Crippen molar-refractivity contribution in [2.75, 3.05) is 6.54 Å². The Hall–Kier alpha value is -2.89. The van der Waals surface area contributed by atoms with E-state index in [9.17, 15) is 13.6 Å². The molecule has 1 N–H and O–H groups in total. The first-order valence-corrected chi connectivity index (χ1v) is 7.08. The van der Waals surface area contributed by atoms with Crippen molar-refractivity contribution in [2.24, 2.45) is 0 Å². The van der Waals surface area contributed by atoms with Crippen molar-refractivity contribution in [3.8, 4) is 0 Å². The zero-order chi connectivity index (χ0) is 16.2. The third-order valence-electron chi connectivity index (χ3n) is 3.39. The molecule has 0 aliphatic heterocycles. The molecule has 3 rings (SSSR count). The second-order valence-corrected chi connectivity index (χ2v) is 4.96.